The molecule has 0 bridgehead atoms. The number of anilines is 1. The van der Waals surface area contributed by atoms with Crippen molar-refractivity contribution in [2.75, 3.05) is 26.4 Å². The Morgan fingerprint density at radius 2 is 2.17 bits per heavy atom. The second-order valence-corrected chi connectivity index (χ2v) is 6.18. The highest BCUT2D eigenvalue weighted by atomic mass is 32.1. The Hall–Kier alpha value is -1.07. The second-order valence-electron chi connectivity index (χ2n) is 5.27. The monoisotopic (exact) mass is 269 g/mol. The number of rotatable bonds is 6. The number of amides is 1. The van der Waals surface area contributed by atoms with E-state index in [1.165, 1.54) is 11.3 Å². The molecule has 1 aromatic rings. The van der Waals surface area contributed by atoms with Crippen LogP contribution in [0.3, 0.4) is 0 Å². The van der Waals surface area contributed by atoms with E-state index in [9.17, 15) is 4.79 Å². The molecule has 1 heterocycles. The van der Waals surface area contributed by atoms with E-state index < -0.39 is 0 Å². The van der Waals surface area contributed by atoms with Crippen LogP contribution in [0.15, 0.2) is 11.4 Å². The molecule has 18 heavy (non-hydrogen) atoms. The first-order chi connectivity index (χ1) is 8.40. The van der Waals surface area contributed by atoms with Gasteiger partial charge in [0.1, 0.15) is 4.88 Å². The third kappa shape index (κ3) is 4.66. The van der Waals surface area contributed by atoms with Crippen LogP contribution in [-0.4, -0.2) is 37.5 Å². The number of hydrogen-bond acceptors (Lipinski definition) is 4. The largest absolute Gasteiger partial charge is 0.397 e. The van der Waals surface area contributed by atoms with Crippen molar-refractivity contribution in [3.05, 3.63) is 16.3 Å². The van der Waals surface area contributed by atoms with E-state index in [0.717, 1.165) is 13.0 Å². The van der Waals surface area contributed by atoms with Gasteiger partial charge in [-0.3, -0.25) is 4.79 Å². The molecule has 0 aliphatic carbocycles. The minimum atomic E-state index is -0.0602. The fraction of sp³-hybridized carbons (Fsp3) is 0.615. The molecule has 1 atom stereocenters. The highest BCUT2D eigenvalue weighted by Crippen LogP contribution is 2.19. The summed E-state index contributed by atoms with van der Waals surface area (Å²) in [7, 11) is 4.03. The Morgan fingerprint density at radius 1 is 1.50 bits per heavy atom. The molecule has 5 heteroatoms. The van der Waals surface area contributed by atoms with Gasteiger partial charge in [-0.1, -0.05) is 13.8 Å². The molecule has 0 aromatic carbocycles. The molecule has 1 aromatic heterocycles. The summed E-state index contributed by atoms with van der Waals surface area (Å²) < 4.78 is 0. The normalized spacial score (nSPS) is 13.0. The van der Waals surface area contributed by atoms with Gasteiger partial charge in [-0.25, -0.2) is 0 Å². The SMILES string of the molecule is CC(C)CC(CN(C)C)NC(=O)c1sccc1N. The predicted octanol–water partition coefficient (Wildman–Crippen LogP) is 2.04. The van der Waals surface area contributed by atoms with E-state index in [4.69, 9.17) is 5.73 Å². The Kier molecular flexibility index (Phi) is 5.62. The molecule has 0 saturated carbocycles. The van der Waals surface area contributed by atoms with Crippen molar-refractivity contribution in [1.29, 1.82) is 0 Å². The second kappa shape index (κ2) is 6.75. The van der Waals surface area contributed by atoms with Crippen LogP contribution in [0.4, 0.5) is 5.69 Å². The third-order valence-electron chi connectivity index (χ3n) is 2.58. The molecular weight excluding hydrogens is 246 g/mol. The summed E-state index contributed by atoms with van der Waals surface area (Å²) in [5.74, 6) is 0.492. The van der Waals surface area contributed by atoms with E-state index in [1.807, 2.05) is 19.5 Å². The zero-order valence-corrected chi connectivity index (χ0v) is 12.4. The summed E-state index contributed by atoms with van der Waals surface area (Å²) in [4.78, 5) is 14.8. The molecule has 4 nitrogen and oxygen atoms in total. The Morgan fingerprint density at radius 3 is 2.61 bits per heavy atom. The summed E-state index contributed by atoms with van der Waals surface area (Å²) >= 11 is 1.39. The quantitative estimate of drug-likeness (QED) is 0.831. The highest BCUT2D eigenvalue weighted by Gasteiger charge is 2.18. The van der Waals surface area contributed by atoms with Gasteiger partial charge in [0.15, 0.2) is 0 Å². The van der Waals surface area contributed by atoms with Crippen LogP contribution in [0.25, 0.3) is 0 Å². The van der Waals surface area contributed by atoms with Gasteiger partial charge in [0.2, 0.25) is 0 Å². The van der Waals surface area contributed by atoms with Crippen LogP contribution >= 0.6 is 11.3 Å². The molecule has 0 saturated heterocycles. The molecular formula is C13H23N3OS. The van der Waals surface area contributed by atoms with Crippen LogP contribution in [0.5, 0.6) is 0 Å². The molecule has 1 amide bonds. The molecule has 102 valence electrons. The lowest BCUT2D eigenvalue weighted by Gasteiger charge is -2.23. The fourth-order valence-corrected chi connectivity index (χ4v) is 2.66. The van der Waals surface area contributed by atoms with Crippen molar-refractivity contribution >= 4 is 22.9 Å². The number of nitrogens with two attached hydrogens (primary N) is 1. The van der Waals surface area contributed by atoms with E-state index in [0.29, 0.717) is 16.5 Å². The van der Waals surface area contributed by atoms with Gasteiger partial charge in [-0.05, 0) is 37.9 Å². The standard InChI is InChI=1S/C13H23N3OS/c1-9(2)7-10(8-16(3)4)15-13(17)12-11(14)5-6-18-12/h5-6,9-10H,7-8,14H2,1-4H3,(H,15,17). The lowest BCUT2D eigenvalue weighted by Crippen LogP contribution is -2.42. The highest BCUT2D eigenvalue weighted by molar-refractivity contribution is 7.12. The molecule has 1 rings (SSSR count). The van der Waals surface area contributed by atoms with E-state index in [2.05, 4.69) is 24.1 Å². The predicted molar refractivity (Wildman–Crippen MR) is 78.0 cm³/mol. The molecule has 0 spiro atoms. The van der Waals surface area contributed by atoms with Crippen LogP contribution in [0.2, 0.25) is 0 Å². The van der Waals surface area contributed by atoms with Crippen molar-refractivity contribution in [3.63, 3.8) is 0 Å². The number of nitrogens with zero attached hydrogens (tertiary/aromatic N) is 1. The number of thiophene rings is 1. The van der Waals surface area contributed by atoms with Crippen LogP contribution < -0.4 is 11.1 Å². The Bertz CT molecular complexity index is 377. The maximum Gasteiger partial charge on any atom is 0.263 e. The number of carbonyl (C=O) groups is 1. The first-order valence-corrected chi connectivity index (χ1v) is 7.06. The van der Waals surface area contributed by atoms with Crippen molar-refractivity contribution in [2.24, 2.45) is 5.92 Å². The first kappa shape index (κ1) is 15.0. The topological polar surface area (TPSA) is 58.4 Å². The van der Waals surface area contributed by atoms with Gasteiger partial charge < -0.3 is 16.0 Å². The number of nitrogens with one attached hydrogen (secondary N) is 1. The lowest BCUT2D eigenvalue weighted by molar-refractivity contribution is 0.0929. The summed E-state index contributed by atoms with van der Waals surface area (Å²) in [6.07, 6.45) is 0.967. The van der Waals surface area contributed by atoms with Gasteiger partial charge in [-0.2, -0.15) is 0 Å². The summed E-state index contributed by atoms with van der Waals surface area (Å²) in [5.41, 5.74) is 6.32. The van der Waals surface area contributed by atoms with Crippen LogP contribution in [0.1, 0.15) is 29.9 Å². The smallest absolute Gasteiger partial charge is 0.263 e. The zero-order chi connectivity index (χ0) is 13.7. The maximum absolute atomic E-state index is 12.1. The van der Waals surface area contributed by atoms with Crippen LogP contribution in [0, 0.1) is 5.92 Å². The number of hydrogen-bond donors (Lipinski definition) is 2. The zero-order valence-electron chi connectivity index (χ0n) is 11.6. The average Bonchev–Trinajstić information content (AvgIpc) is 2.61. The van der Waals surface area contributed by atoms with Crippen LogP contribution in [-0.2, 0) is 0 Å². The van der Waals surface area contributed by atoms with Gasteiger partial charge in [0, 0.05) is 12.6 Å². The first-order valence-electron chi connectivity index (χ1n) is 6.18. The molecule has 0 aliphatic heterocycles. The fourth-order valence-electron chi connectivity index (χ4n) is 1.94. The molecule has 3 N–H and O–H groups in total. The van der Waals surface area contributed by atoms with E-state index in [-0.39, 0.29) is 11.9 Å². The molecule has 0 aliphatic rings. The van der Waals surface area contributed by atoms with Crippen molar-refractivity contribution in [1.82, 2.24) is 10.2 Å². The number of carbonyl (C=O) groups excluding carboxylic acids is 1. The van der Waals surface area contributed by atoms with Crippen molar-refractivity contribution < 1.29 is 4.79 Å². The number of likely N-dealkylation sites (N-methyl/N-ethyl adjacent to an activating group) is 1. The summed E-state index contributed by atoms with van der Waals surface area (Å²) in [6.45, 7) is 5.16. The van der Waals surface area contributed by atoms with Gasteiger partial charge in [-0.15, -0.1) is 11.3 Å². The van der Waals surface area contributed by atoms with E-state index >= 15 is 0 Å². The van der Waals surface area contributed by atoms with Gasteiger partial charge in [0.05, 0.1) is 5.69 Å². The molecule has 0 radical (unpaired) electrons. The lowest BCUT2D eigenvalue weighted by atomic mass is 10.0. The minimum absolute atomic E-state index is 0.0602. The van der Waals surface area contributed by atoms with Crippen molar-refractivity contribution in [3.8, 4) is 0 Å². The molecule has 1 unspecified atom stereocenters. The Balaban J connectivity index is 2.65. The van der Waals surface area contributed by atoms with Crippen molar-refractivity contribution in [2.45, 2.75) is 26.3 Å². The van der Waals surface area contributed by atoms with E-state index in [1.54, 1.807) is 6.07 Å². The molecule has 0 fully saturated rings. The third-order valence-corrected chi connectivity index (χ3v) is 3.51. The van der Waals surface area contributed by atoms with Gasteiger partial charge in [0.25, 0.3) is 5.91 Å². The summed E-state index contributed by atoms with van der Waals surface area (Å²) in [6, 6.07) is 1.93. The average molecular weight is 269 g/mol. The maximum atomic E-state index is 12.1. The summed E-state index contributed by atoms with van der Waals surface area (Å²) in [5, 5.41) is 4.91. The Labute approximate surface area is 113 Å². The number of nitrogen functional groups attached to an aromatic ring is 1. The van der Waals surface area contributed by atoms with Gasteiger partial charge >= 0.3 is 0 Å². The minimum Gasteiger partial charge on any atom is -0.397 e.